The van der Waals surface area contributed by atoms with E-state index < -0.39 is 6.10 Å². The van der Waals surface area contributed by atoms with Crippen LogP contribution < -0.4 is 10.1 Å². The molecule has 0 aliphatic heterocycles. The number of aliphatic hydroxyl groups excluding tert-OH is 1. The van der Waals surface area contributed by atoms with E-state index in [2.05, 4.69) is 22.3 Å². The summed E-state index contributed by atoms with van der Waals surface area (Å²) in [5.41, 5.74) is 4.15. The number of pyridine rings is 1. The molecule has 0 unspecified atom stereocenters. The molecule has 4 aromatic rings. The van der Waals surface area contributed by atoms with Crippen LogP contribution in [0.3, 0.4) is 0 Å². The van der Waals surface area contributed by atoms with Gasteiger partial charge in [-0.15, -0.1) is 0 Å². The van der Waals surface area contributed by atoms with E-state index in [0.29, 0.717) is 12.2 Å². The fourth-order valence-corrected chi connectivity index (χ4v) is 5.23. The molecule has 0 radical (unpaired) electrons. The number of carbonyl (C=O) groups is 1. The molecule has 1 aromatic heterocycles. The molecular formula is C31H33N3O3. The molecule has 1 heterocycles. The zero-order valence-electron chi connectivity index (χ0n) is 21.3. The third-order valence-electron chi connectivity index (χ3n) is 7.16. The van der Waals surface area contributed by atoms with Gasteiger partial charge in [0.2, 0.25) is 0 Å². The average Bonchev–Trinajstić information content (AvgIpc) is 3.29. The van der Waals surface area contributed by atoms with Gasteiger partial charge in [-0.05, 0) is 68.8 Å². The molecule has 37 heavy (non-hydrogen) atoms. The van der Waals surface area contributed by atoms with Crippen molar-refractivity contribution in [2.45, 2.75) is 44.5 Å². The van der Waals surface area contributed by atoms with Gasteiger partial charge in [0.25, 0.3) is 5.91 Å². The second kappa shape index (κ2) is 11.1. The average molecular weight is 496 g/mol. The van der Waals surface area contributed by atoms with Crippen molar-refractivity contribution in [2.24, 2.45) is 0 Å². The van der Waals surface area contributed by atoms with E-state index in [1.165, 1.54) is 5.56 Å². The highest BCUT2D eigenvalue weighted by Crippen LogP contribution is 2.29. The highest BCUT2D eigenvalue weighted by molar-refractivity contribution is 6.07. The highest BCUT2D eigenvalue weighted by atomic mass is 16.5. The Balaban J connectivity index is 1.35. The number of aliphatic hydroxyl groups is 1. The Morgan fingerprint density at radius 2 is 1.76 bits per heavy atom. The van der Waals surface area contributed by atoms with Gasteiger partial charge < -0.3 is 15.2 Å². The first-order valence-corrected chi connectivity index (χ1v) is 12.9. The summed E-state index contributed by atoms with van der Waals surface area (Å²) in [5, 5.41) is 15.0. The summed E-state index contributed by atoms with van der Waals surface area (Å²) >= 11 is 0. The summed E-state index contributed by atoms with van der Waals surface area (Å²) in [5.74, 6) is 0.605. The number of rotatable bonds is 8. The van der Waals surface area contributed by atoms with Gasteiger partial charge in [0.05, 0.1) is 35.5 Å². The SMILES string of the molecule is CCOc1ccc(-c2cc(C(=O)N[C@@H]3CC[C@H](N(C)Cc4ccccc4)[C@H]3O)c3ccccc3n2)cc1. The van der Waals surface area contributed by atoms with Crippen LogP contribution in [-0.4, -0.2) is 52.7 Å². The van der Waals surface area contributed by atoms with E-state index in [1.54, 1.807) is 0 Å². The minimum atomic E-state index is -0.642. The summed E-state index contributed by atoms with van der Waals surface area (Å²) in [7, 11) is 2.03. The number of carbonyl (C=O) groups excluding carboxylic acids is 1. The summed E-state index contributed by atoms with van der Waals surface area (Å²) < 4.78 is 5.56. The summed E-state index contributed by atoms with van der Waals surface area (Å²) in [6.07, 6.45) is 0.909. The molecule has 1 aliphatic rings. The highest BCUT2D eigenvalue weighted by Gasteiger charge is 2.38. The maximum atomic E-state index is 13.6. The van der Waals surface area contributed by atoms with Crippen LogP contribution in [-0.2, 0) is 6.54 Å². The van der Waals surface area contributed by atoms with Crippen LogP contribution >= 0.6 is 0 Å². The van der Waals surface area contributed by atoms with Gasteiger partial charge in [0.15, 0.2) is 0 Å². The molecule has 1 fully saturated rings. The van der Waals surface area contributed by atoms with Crippen LogP contribution in [0.1, 0.15) is 35.7 Å². The first-order chi connectivity index (χ1) is 18.0. The molecule has 6 nitrogen and oxygen atoms in total. The number of nitrogens with one attached hydrogen (secondary N) is 1. The zero-order valence-corrected chi connectivity index (χ0v) is 21.3. The molecule has 3 aromatic carbocycles. The van der Waals surface area contributed by atoms with Crippen molar-refractivity contribution in [3.8, 4) is 17.0 Å². The second-order valence-electron chi connectivity index (χ2n) is 9.65. The largest absolute Gasteiger partial charge is 0.494 e. The lowest BCUT2D eigenvalue weighted by Gasteiger charge is -2.29. The Morgan fingerprint density at radius 1 is 1.03 bits per heavy atom. The molecule has 6 heteroatoms. The van der Waals surface area contributed by atoms with Crippen LogP contribution in [0.15, 0.2) is 84.9 Å². The fourth-order valence-electron chi connectivity index (χ4n) is 5.23. The lowest BCUT2D eigenvalue weighted by atomic mass is 10.0. The number of ether oxygens (including phenoxy) is 1. The Bertz CT molecular complexity index is 1360. The third-order valence-corrected chi connectivity index (χ3v) is 7.16. The van der Waals surface area contributed by atoms with Gasteiger partial charge in [-0.1, -0.05) is 48.5 Å². The smallest absolute Gasteiger partial charge is 0.252 e. The summed E-state index contributed by atoms with van der Waals surface area (Å²) in [6, 6.07) is 27.2. The topological polar surface area (TPSA) is 74.7 Å². The van der Waals surface area contributed by atoms with Gasteiger partial charge in [-0.3, -0.25) is 9.69 Å². The molecule has 5 rings (SSSR count). The number of aromatic nitrogens is 1. The number of fused-ring (bicyclic) bond motifs is 1. The van der Waals surface area contributed by atoms with Crippen LogP contribution in [0, 0.1) is 0 Å². The van der Waals surface area contributed by atoms with Crippen molar-refractivity contribution in [1.82, 2.24) is 15.2 Å². The van der Waals surface area contributed by atoms with E-state index in [-0.39, 0.29) is 18.0 Å². The van der Waals surface area contributed by atoms with E-state index >= 15 is 0 Å². The monoisotopic (exact) mass is 495 g/mol. The number of nitrogens with zero attached hydrogens (tertiary/aromatic N) is 2. The molecule has 0 spiro atoms. The van der Waals surface area contributed by atoms with Crippen molar-refractivity contribution >= 4 is 16.8 Å². The van der Waals surface area contributed by atoms with Crippen molar-refractivity contribution in [1.29, 1.82) is 0 Å². The van der Waals surface area contributed by atoms with Gasteiger partial charge in [-0.2, -0.15) is 0 Å². The van der Waals surface area contributed by atoms with E-state index in [0.717, 1.165) is 47.3 Å². The number of hydrogen-bond acceptors (Lipinski definition) is 5. The molecule has 1 aliphatic carbocycles. The lowest BCUT2D eigenvalue weighted by Crippen LogP contribution is -2.47. The van der Waals surface area contributed by atoms with Gasteiger partial charge in [0, 0.05) is 23.5 Å². The first-order valence-electron chi connectivity index (χ1n) is 12.9. The molecule has 0 bridgehead atoms. The maximum absolute atomic E-state index is 13.6. The van der Waals surface area contributed by atoms with Gasteiger partial charge >= 0.3 is 0 Å². The Kier molecular flexibility index (Phi) is 7.49. The number of hydrogen-bond donors (Lipinski definition) is 2. The number of likely N-dealkylation sites (N-methyl/N-ethyl adjacent to an activating group) is 1. The number of para-hydroxylation sites is 1. The van der Waals surface area contributed by atoms with Gasteiger partial charge in [-0.25, -0.2) is 4.98 Å². The van der Waals surface area contributed by atoms with E-state index in [4.69, 9.17) is 9.72 Å². The molecule has 3 atom stereocenters. The summed E-state index contributed by atoms with van der Waals surface area (Å²) in [6.45, 7) is 3.31. The number of amides is 1. The molecule has 0 saturated heterocycles. The molecule has 2 N–H and O–H groups in total. The van der Waals surface area contributed by atoms with E-state index in [9.17, 15) is 9.90 Å². The Morgan fingerprint density at radius 3 is 2.51 bits per heavy atom. The Labute approximate surface area is 217 Å². The maximum Gasteiger partial charge on any atom is 0.252 e. The molecular weight excluding hydrogens is 462 g/mol. The molecule has 190 valence electrons. The van der Waals surface area contributed by atoms with Crippen LogP contribution in [0.4, 0.5) is 0 Å². The van der Waals surface area contributed by atoms with Crippen LogP contribution in [0.5, 0.6) is 5.75 Å². The quantitative estimate of drug-likeness (QED) is 0.358. The normalized spacial score (nSPS) is 19.3. The fraction of sp³-hybridized carbons (Fsp3) is 0.290. The Hall–Kier alpha value is -3.74. The van der Waals surface area contributed by atoms with Crippen molar-refractivity contribution < 1.29 is 14.6 Å². The standard InChI is InChI=1S/C31H33N3O3/c1-3-37-23-15-13-22(14-16-23)28-19-25(24-11-7-8-12-26(24)32-28)31(36)33-27-17-18-29(30(27)35)34(2)20-21-9-5-4-6-10-21/h4-16,19,27,29-30,35H,3,17-18,20H2,1-2H3,(H,33,36)/t27-,29+,30+/m1/s1. The van der Waals surface area contributed by atoms with Crippen LogP contribution in [0.2, 0.25) is 0 Å². The van der Waals surface area contributed by atoms with Crippen LogP contribution in [0.25, 0.3) is 22.2 Å². The van der Waals surface area contributed by atoms with Gasteiger partial charge in [0.1, 0.15) is 5.75 Å². The first kappa shape index (κ1) is 24.9. The minimum absolute atomic E-state index is 0.0147. The molecule has 1 saturated carbocycles. The minimum Gasteiger partial charge on any atom is -0.494 e. The number of benzene rings is 3. The van der Waals surface area contributed by atoms with E-state index in [1.807, 2.05) is 86.8 Å². The van der Waals surface area contributed by atoms with Crippen molar-refractivity contribution in [3.05, 3.63) is 96.1 Å². The third kappa shape index (κ3) is 5.50. The zero-order chi connectivity index (χ0) is 25.8. The lowest BCUT2D eigenvalue weighted by molar-refractivity contribution is 0.0601. The predicted octanol–water partition coefficient (Wildman–Crippen LogP) is 5.05. The second-order valence-corrected chi connectivity index (χ2v) is 9.65. The summed E-state index contributed by atoms with van der Waals surface area (Å²) in [4.78, 5) is 20.6. The molecule has 1 amide bonds. The predicted molar refractivity (Wildman–Crippen MR) is 147 cm³/mol. The van der Waals surface area contributed by atoms with Crippen molar-refractivity contribution in [2.75, 3.05) is 13.7 Å². The van der Waals surface area contributed by atoms with Crippen molar-refractivity contribution in [3.63, 3.8) is 0 Å².